The summed E-state index contributed by atoms with van der Waals surface area (Å²) in [4.78, 5) is 3.85. The molecule has 5 nitrogen and oxygen atoms in total. The predicted molar refractivity (Wildman–Crippen MR) is 45.7 cm³/mol. The second-order valence-electron chi connectivity index (χ2n) is 3.26. The van der Waals surface area contributed by atoms with Crippen LogP contribution < -0.4 is 5.32 Å². The number of nitriles is 1. The lowest BCUT2D eigenvalue weighted by Gasteiger charge is -2.06. The van der Waals surface area contributed by atoms with Crippen molar-refractivity contribution >= 4 is 0 Å². The molecular formula is C8H11N5. The van der Waals surface area contributed by atoms with E-state index >= 15 is 0 Å². The van der Waals surface area contributed by atoms with Crippen LogP contribution in [-0.2, 0) is 6.54 Å². The third-order valence-corrected chi connectivity index (χ3v) is 2.24. The standard InChI is InChI=1S/C8H11N5/c9-3-8-11-6-13(12-8)5-7-1-2-10-4-7/h6-7,10H,1-2,4-5H2. The van der Waals surface area contributed by atoms with Gasteiger partial charge < -0.3 is 5.32 Å². The summed E-state index contributed by atoms with van der Waals surface area (Å²) in [5, 5.41) is 15.8. The number of hydrogen-bond acceptors (Lipinski definition) is 4. The average Bonchev–Trinajstić information content (AvgIpc) is 2.76. The van der Waals surface area contributed by atoms with Crippen LogP contribution >= 0.6 is 0 Å². The van der Waals surface area contributed by atoms with Gasteiger partial charge >= 0.3 is 0 Å². The smallest absolute Gasteiger partial charge is 0.252 e. The van der Waals surface area contributed by atoms with E-state index in [0.717, 1.165) is 19.6 Å². The summed E-state index contributed by atoms with van der Waals surface area (Å²) in [6.07, 6.45) is 2.80. The van der Waals surface area contributed by atoms with E-state index in [1.807, 2.05) is 6.07 Å². The van der Waals surface area contributed by atoms with Crippen molar-refractivity contribution in [2.45, 2.75) is 13.0 Å². The molecule has 2 rings (SSSR count). The molecule has 0 saturated carbocycles. The van der Waals surface area contributed by atoms with Crippen molar-refractivity contribution in [3.63, 3.8) is 0 Å². The van der Waals surface area contributed by atoms with Gasteiger partial charge in [-0.1, -0.05) is 0 Å². The van der Waals surface area contributed by atoms with Gasteiger partial charge in [0.15, 0.2) is 0 Å². The molecule has 0 amide bonds. The maximum absolute atomic E-state index is 8.51. The second-order valence-corrected chi connectivity index (χ2v) is 3.26. The number of nitrogens with one attached hydrogen (secondary N) is 1. The van der Waals surface area contributed by atoms with Gasteiger partial charge in [0.1, 0.15) is 12.4 Å². The van der Waals surface area contributed by atoms with E-state index < -0.39 is 0 Å². The monoisotopic (exact) mass is 177 g/mol. The molecular weight excluding hydrogens is 166 g/mol. The van der Waals surface area contributed by atoms with E-state index in [1.165, 1.54) is 6.42 Å². The molecule has 0 bridgehead atoms. The molecule has 1 N–H and O–H groups in total. The quantitative estimate of drug-likeness (QED) is 0.677. The lowest BCUT2D eigenvalue weighted by atomic mass is 10.1. The number of rotatable bonds is 2. The van der Waals surface area contributed by atoms with Crippen molar-refractivity contribution in [1.82, 2.24) is 20.1 Å². The Morgan fingerprint density at radius 3 is 3.31 bits per heavy atom. The van der Waals surface area contributed by atoms with E-state index in [-0.39, 0.29) is 5.82 Å². The van der Waals surface area contributed by atoms with Gasteiger partial charge in [-0.05, 0) is 25.4 Å². The second kappa shape index (κ2) is 3.54. The average molecular weight is 177 g/mol. The Kier molecular flexibility index (Phi) is 2.23. The molecule has 1 saturated heterocycles. The van der Waals surface area contributed by atoms with Gasteiger partial charge in [-0.15, -0.1) is 5.10 Å². The maximum atomic E-state index is 8.51. The Balaban J connectivity index is 1.97. The van der Waals surface area contributed by atoms with Gasteiger partial charge in [0.25, 0.3) is 5.82 Å². The zero-order valence-corrected chi connectivity index (χ0v) is 7.27. The predicted octanol–water partition coefficient (Wildman–Crippen LogP) is -0.241. The SMILES string of the molecule is N#Cc1ncn(CC2CCNC2)n1. The lowest BCUT2D eigenvalue weighted by Crippen LogP contribution is -2.14. The molecule has 2 heterocycles. The minimum Gasteiger partial charge on any atom is -0.316 e. The normalized spacial score (nSPS) is 21.6. The molecule has 68 valence electrons. The molecule has 0 aliphatic carbocycles. The summed E-state index contributed by atoms with van der Waals surface area (Å²) in [6.45, 7) is 2.99. The number of aromatic nitrogens is 3. The minimum absolute atomic E-state index is 0.256. The van der Waals surface area contributed by atoms with Crippen molar-refractivity contribution in [2.24, 2.45) is 5.92 Å². The van der Waals surface area contributed by atoms with Crippen LogP contribution in [0.15, 0.2) is 6.33 Å². The Hall–Kier alpha value is -1.41. The van der Waals surface area contributed by atoms with Crippen LogP contribution in [0.2, 0.25) is 0 Å². The first-order valence-electron chi connectivity index (χ1n) is 4.39. The van der Waals surface area contributed by atoms with Gasteiger partial charge in [-0.25, -0.2) is 4.98 Å². The number of nitrogens with zero attached hydrogens (tertiary/aromatic N) is 4. The molecule has 13 heavy (non-hydrogen) atoms. The van der Waals surface area contributed by atoms with Crippen LogP contribution in [0.25, 0.3) is 0 Å². The molecule has 1 aliphatic rings. The van der Waals surface area contributed by atoms with Gasteiger partial charge in [-0.2, -0.15) is 5.26 Å². The zero-order valence-electron chi connectivity index (χ0n) is 7.27. The molecule has 0 aromatic carbocycles. The fourth-order valence-corrected chi connectivity index (χ4v) is 1.57. The molecule has 1 aromatic rings. The minimum atomic E-state index is 0.256. The Morgan fingerprint density at radius 1 is 1.77 bits per heavy atom. The van der Waals surface area contributed by atoms with E-state index in [0.29, 0.717) is 5.92 Å². The van der Waals surface area contributed by atoms with Crippen molar-refractivity contribution in [1.29, 1.82) is 5.26 Å². The van der Waals surface area contributed by atoms with Gasteiger partial charge in [0.2, 0.25) is 0 Å². The van der Waals surface area contributed by atoms with E-state index in [9.17, 15) is 0 Å². The van der Waals surface area contributed by atoms with Crippen LogP contribution in [-0.4, -0.2) is 27.9 Å². The summed E-state index contributed by atoms with van der Waals surface area (Å²) in [6, 6.07) is 1.91. The maximum Gasteiger partial charge on any atom is 0.252 e. The first kappa shape index (κ1) is 8.20. The summed E-state index contributed by atoms with van der Waals surface area (Å²) in [5.41, 5.74) is 0. The first-order valence-corrected chi connectivity index (χ1v) is 4.39. The van der Waals surface area contributed by atoms with Gasteiger partial charge in [-0.3, -0.25) is 4.68 Å². The van der Waals surface area contributed by atoms with Crippen molar-refractivity contribution in [2.75, 3.05) is 13.1 Å². The summed E-state index contributed by atoms with van der Waals surface area (Å²) in [7, 11) is 0. The molecule has 1 unspecified atom stereocenters. The third-order valence-electron chi connectivity index (χ3n) is 2.24. The van der Waals surface area contributed by atoms with Crippen LogP contribution in [0.4, 0.5) is 0 Å². The van der Waals surface area contributed by atoms with Gasteiger partial charge in [0, 0.05) is 6.54 Å². The Labute approximate surface area is 76.4 Å². The molecule has 0 radical (unpaired) electrons. The zero-order chi connectivity index (χ0) is 9.10. The van der Waals surface area contributed by atoms with Crippen molar-refractivity contribution in [3.8, 4) is 6.07 Å². The molecule has 1 fully saturated rings. The number of hydrogen-bond donors (Lipinski definition) is 1. The highest BCUT2D eigenvalue weighted by Crippen LogP contribution is 2.09. The van der Waals surface area contributed by atoms with E-state index in [1.54, 1.807) is 11.0 Å². The fraction of sp³-hybridized carbons (Fsp3) is 0.625. The molecule has 0 spiro atoms. The lowest BCUT2D eigenvalue weighted by molar-refractivity contribution is 0.448. The first-order chi connectivity index (χ1) is 6.38. The third kappa shape index (κ3) is 1.84. The molecule has 1 aromatic heterocycles. The van der Waals surface area contributed by atoms with Crippen LogP contribution in [0.3, 0.4) is 0 Å². The van der Waals surface area contributed by atoms with Crippen LogP contribution in [0.1, 0.15) is 12.2 Å². The van der Waals surface area contributed by atoms with Crippen LogP contribution in [0, 0.1) is 17.2 Å². The topological polar surface area (TPSA) is 66.5 Å². The summed E-state index contributed by atoms with van der Waals surface area (Å²) >= 11 is 0. The van der Waals surface area contributed by atoms with E-state index in [4.69, 9.17) is 5.26 Å². The van der Waals surface area contributed by atoms with Crippen LogP contribution in [0.5, 0.6) is 0 Å². The molecule has 1 aliphatic heterocycles. The van der Waals surface area contributed by atoms with Gasteiger partial charge in [0.05, 0.1) is 0 Å². The fourth-order valence-electron chi connectivity index (χ4n) is 1.57. The molecule has 5 heteroatoms. The Bertz CT molecular complexity index is 318. The van der Waals surface area contributed by atoms with Crippen molar-refractivity contribution < 1.29 is 0 Å². The largest absolute Gasteiger partial charge is 0.316 e. The summed E-state index contributed by atoms with van der Waals surface area (Å²) in [5.74, 6) is 0.888. The highest BCUT2D eigenvalue weighted by molar-refractivity contribution is 5.05. The molecule has 1 atom stereocenters. The summed E-state index contributed by atoms with van der Waals surface area (Å²) < 4.78 is 1.75. The highest BCUT2D eigenvalue weighted by atomic mass is 15.3. The highest BCUT2D eigenvalue weighted by Gasteiger charge is 2.15. The van der Waals surface area contributed by atoms with Crippen molar-refractivity contribution in [3.05, 3.63) is 12.2 Å². The Morgan fingerprint density at radius 2 is 2.69 bits per heavy atom. The van der Waals surface area contributed by atoms with E-state index in [2.05, 4.69) is 15.4 Å².